The molecule has 1 N–H and O–H groups in total. The van der Waals surface area contributed by atoms with Gasteiger partial charge in [0, 0.05) is 29.6 Å². The maximum absolute atomic E-state index is 13.8. The van der Waals surface area contributed by atoms with Crippen molar-refractivity contribution in [2.24, 2.45) is 0 Å². The molecule has 7 nitrogen and oxygen atoms in total. The maximum atomic E-state index is 13.8. The monoisotopic (exact) mass is 474 g/mol. The van der Waals surface area contributed by atoms with Gasteiger partial charge in [0.1, 0.15) is 11.3 Å². The van der Waals surface area contributed by atoms with Crippen LogP contribution in [0.2, 0.25) is 0 Å². The van der Waals surface area contributed by atoms with Gasteiger partial charge in [0.25, 0.3) is 5.91 Å². The Morgan fingerprint density at radius 1 is 1.17 bits per heavy atom. The van der Waals surface area contributed by atoms with Crippen LogP contribution < -0.4 is 4.74 Å². The topological polar surface area (TPSA) is 68.9 Å². The number of hydrogen-bond donors (Lipinski definition) is 1. The van der Waals surface area contributed by atoms with Gasteiger partial charge in [-0.1, -0.05) is 37.3 Å². The zero-order valence-electron chi connectivity index (χ0n) is 21.0. The van der Waals surface area contributed by atoms with Crippen molar-refractivity contribution in [3.8, 4) is 5.75 Å². The van der Waals surface area contributed by atoms with E-state index in [-0.39, 0.29) is 18.0 Å². The minimum absolute atomic E-state index is 0.0948. The van der Waals surface area contributed by atoms with Gasteiger partial charge in [-0.15, -0.1) is 0 Å². The summed E-state index contributed by atoms with van der Waals surface area (Å²) in [6, 6.07) is 15.7. The average molecular weight is 475 g/mol. The van der Waals surface area contributed by atoms with Crippen LogP contribution in [-0.2, 0) is 17.6 Å². The van der Waals surface area contributed by atoms with Crippen molar-refractivity contribution in [3.05, 3.63) is 65.4 Å². The Labute approximate surface area is 206 Å². The van der Waals surface area contributed by atoms with E-state index in [0.717, 1.165) is 53.0 Å². The quantitative estimate of drug-likeness (QED) is 0.492. The number of nitrogens with one attached hydrogen (secondary N) is 1. The predicted octanol–water partition coefficient (Wildman–Crippen LogP) is 4.38. The lowest BCUT2D eigenvalue weighted by Gasteiger charge is -2.42. The highest BCUT2D eigenvalue weighted by atomic mass is 16.5. The zero-order valence-corrected chi connectivity index (χ0v) is 21.0. The molecule has 5 rings (SSSR count). The number of nitrogens with zero attached hydrogens (tertiary/aromatic N) is 3. The van der Waals surface area contributed by atoms with E-state index >= 15 is 0 Å². The number of H-pyrrole nitrogens is 1. The number of benzene rings is 2. The molecule has 1 saturated heterocycles. The molecular formula is C28H34N4O3. The Hall–Kier alpha value is -3.32. The minimum Gasteiger partial charge on any atom is -0.497 e. The molecule has 3 aromatic rings. The number of urea groups is 1. The lowest BCUT2D eigenvalue weighted by atomic mass is 9.81. The van der Waals surface area contributed by atoms with Gasteiger partial charge < -0.3 is 19.5 Å². The van der Waals surface area contributed by atoms with E-state index in [1.165, 1.54) is 4.90 Å². The number of rotatable bonds is 8. The van der Waals surface area contributed by atoms with Crippen LogP contribution in [0.25, 0.3) is 10.9 Å². The number of aromatic nitrogens is 1. The van der Waals surface area contributed by atoms with E-state index in [4.69, 9.17) is 4.74 Å². The molecule has 3 amide bonds. The van der Waals surface area contributed by atoms with Crippen molar-refractivity contribution >= 4 is 22.8 Å². The Morgan fingerprint density at radius 3 is 2.66 bits per heavy atom. The highest BCUT2D eigenvalue weighted by Crippen LogP contribution is 2.47. The average Bonchev–Trinajstić information content (AvgIpc) is 3.31. The van der Waals surface area contributed by atoms with Crippen molar-refractivity contribution in [1.82, 2.24) is 19.7 Å². The number of methoxy groups -OCH3 is 1. The third-order valence-electron chi connectivity index (χ3n) is 7.72. The van der Waals surface area contributed by atoms with Gasteiger partial charge in [-0.3, -0.25) is 9.69 Å². The Kier molecular flexibility index (Phi) is 6.05. The smallest absolute Gasteiger partial charge is 0.328 e. The van der Waals surface area contributed by atoms with Gasteiger partial charge in [-0.25, -0.2) is 4.79 Å². The second kappa shape index (κ2) is 9.04. The van der Waals surface area contributed by atoms with Crippen LogP contribution in [0.5, 0.6) is 5.75 Å². The summed E-state index contributed by atoms with van der Waals surface area (Å²) in [5.41, 5.74) is 3.33. The summed E-state index contributed by atoms with van der Waals surface area (Å²) in [5.74, 6) is 0.685. The summed E-state index contributed by atoms with van der Waals surface area (Å²) in [5, 5.41) is 1.06. The first-order chi connectivity index (χ1) is 16.9. The molecule has 1 unspecified atom stereocenters. The van der Waals surface area contributed by atoms with Crippen molar-refractivity contribution < 1.29 is 14.3 Å². The number of carbonyl (C=O) groups excluding carboxylic acids is 2. The molecule has 0 saturated carbocycles. The molecule has 1 fully saturated rings. The Bertz CT molecular complexity index is 1250. The molecule has 184 valence electrons. The highest BCUT2D eigenvalue weighted by molar-refractivity contribution is 6.08. The molecule has 2 aliphatic heterocycles. The van der Waals surface area contributed by atoms with Crippen molar-refractivity contribution in [3.63, 3.8) is 0 Å². The molecular weight excluding hydrogens is 440 g/mol. The second-order valence-corrected chi connectivity index (χ2v) is 9.94. The summed E-state index contributed by atoms with van der Waals surface area (Å²) in [6.07, 6.45) is 1.88. The molecule has 2 aromatic carbocycles. The van der Waals surface area contributed by atoms with Crippen LogP contribution in [0.1, 0.15) is 43.1 Å². The molecule has 35 heavy (non-hydrogen) atoms. The summed E-state index contributed by atoms with van der Waals surface area (Å²) in [4.78, 5) is 36.8. The van der Waals surface area contributed by atoms with Gasteiger partial charge in [0.2, 0.25) is 0 Å². The lowest BCUT2D eigenvalue weighted by molar-refractivity contribution is -0.133. The van der Waals surface area contributed by atoms with E-state index in [1.54, 1.807) is 7.11 Å². The Morgan fingerprint density at radius 2 is 1.94 bits per heavy atom. The standard InChI is InChI=1S/C28H34N4O3/c1-5-30(3)14-9-15-31-26(33)28(2)18-22-21-17-20(35-4)12-13-23(21)29-25(22)24(32(28)27(31)34)16-19-10-7-6-8-11-19/h6-8,10-13,17,24,29H,5,9,14-16,18H2,1-4H3/t24?,28-/m0/s1. The third-order valence-corrected chi connectivity index (χ3v) is 7.72. The number of ether oxygens (including phenoxy) is 1. The van der Waals surface area contributed by atoms with Crippen LogP contribution in [0.4, 0.5) is 4.79 Å². The van der Waals surface area contributed by atoms with E-state index in [1.807, 2.05) is 48.2 Å². The van der Waals surface area contributed by atoms with E-state index < -0.39 is 5.54 Å². The summed E-state index contributed by atoms with van der Waals surface area (Å²) in [7, 11) is 3.72. The van der Waals surface area contributed by atoms with Crippen molar-refractivity contribution in [2.75, 3.05) is 33.8 Å². The van der Waals surface area contributed by atoms with Crippen LogP contribution in [-0.4, -0.2) is 71.0 Å². The third kappa shape index (κ3) is 3.88. The first kappa shape index (κ1) is 23.4. The number of fused-ring (bicyclic) bond motifs is 4. The van der Waals surface area contributed by atoms with Crippen LogP contribution >= 0.6 is 0 Å². The molecule has 1 aromatic heterocycles. The van der Waals surface area contributed by atoms with Gasteiger partial charge in [0.05, 0.1) is 13.2 Å². The first-order valence-electron chi connectivity index (χ1n) is 12.4. The fourth-order valence-corrected chi connectivity index (χ4v) is 5.67. The SMILES string of the molecule is CCN(C)CCCN1C(=O)N2C(Cc3ccccc3)c3[nH]c4ccc(OC)cc4c3C[C@@]2(C)C1=O. The minimum atomic E-state index is -0.918. The molecule has 0 aliphatic carbocycles. The fraction of sp³-hybridized carbons (Fsp3) is 0.429. The van der Waals surface area contributed by atoms with E-state index in [9.17, 15) is 9.59 Å². The number of aromatic amines is 1. The van der Waals surface area contributed by atoms with Crippen molar-refractivity contribution in [2.45, 2.75) is 44.7 Å². The largest absolute Gasteiger partial charge is 0.497 e. The summed E-state index contributed by atoms with van der Waals surface area (Å²) >= 11 is 0. The molecule has 0 spiro atoms. The highest BCUT2D eigenvalue weighted by Gasteiger charge is 2.59. The van der Waals surface area contributed by atoms with Crippen LogP contribution in [0, 0.1) is 0 Å². The van der Waals surface area contributed by atoms with Crippen molar-refractivity contribution in [1.29, 1.82) is 0 Å². The van der Waals surface area contributed by atoms with E-state index in [2.05, 4.69) is 36.0 Å². The molecule has 3 heterocycles. The molecule has 2 aliphatic rings. The number of imide groups is 1. The molecule has 0 radical (unpaired) electrons. The van der Waals surface area contributed by atoms with Gasteiger partial charge >= 0.3 is 6.03 Å². The molecule has 2 atom stereocenters. The van der Waals surface area contributed by atoms with Gasteiger partial charge in [-0.2, -0.15) is 0 Å². The zero-order chi connectivity index (χ0) is 24.7. The normalized spacial score (nSPS) is 21.7. The van der Waals surface area contributed by atoms with Crippen LogP contribution in [0.3, 0.4) is 0 Å². The Balaban J connectivity index is 1.57. The molecule has 7 heteroatoms. The lowest BCUT2D eigenvalue weighted by Crippen LogP contribution is -2.53. The predicted molar refractivity (Wildman–Crippen MR) is 137 cm³/mol. The van der Waals surface area contributed by atoms with Gasteiger partial charge in [-0.05, 0) is 69.2 Å². The number of amides is 3. The number of hydrogen-bond acceptors (Lipinski definition) is 4. The first-order valence-corrected chi connectivity index (χ1v) is 12.4. The van der Waals surface area contributed by atoms with Crippen LogP contribution in [0.15, 0.2) is 48.5 Å². The maximum Gasteiger partial charge on any atom is 0.328 e. The fourth-order valence-electron chi connectivity index (χ4n) is 5.67. The summed E-state index contributed by atoms with van der Waals surface area (Å²) in [6.45, 7) is 6.27. The summed E-state index contributed by atoms with van der Waals surface area (Å²) < 4.78 is 5.49. The van der Waals surface area contributed by atoms with Gasteiger partial charge in [0.15, 0.2) is 0 Å². The number of carbonyl (C=O) groups is 2. The second-order valence-electron chi connectivity index (χ2n) is 9.94. The molecule has 0 bridgehead atoms. The van der Waals surface area contributed by atoms with E-state index in [0.29, 0.717) is 19.4 Å².